The van der Waals surface area contributed by atoms with Crippen molar-refractivity contribution in [3.8, 4) is 5.88 Å². The summed E-state index contributed by atoms with van der Waals surface area (Å²) in [4.78, 5) is 17.5. The Bertz CT molecular complexity index is 483. The van der Waals surface area contributed by atoms with Crippen molar-refractivity contribution in [1.82, 2.24) is 9.97 Å². The fraction of sp³-hybridized carbons (Fsp3) is 0.200. The van der Waals surface area contributed by atoms with Gasteiger partial charge in [-0.1, -0.05) is 17.7 Å². The Balaban J connectivity index is 2.39. The largest absolute Gasteiger partial charge is 0.493 e. The van der Waals surface area contributed by atoms with Gasteiger partial charge < -0.3 is 10.1 Å². The van der Waals surface area contributed by atoms with Crippen LogP contribution in [0, 0.1) is 0 Å². The lowest BCUT2D eigenvalue weighted by molar-refractivity contribution is 0.450. The molecule has 1 aromatic heterocycles. The maximum absolute atomic E-state index is 11.0. The number of hydrogen-bond donors (Lipinski definition) is 2. The topological polar surface area (TPSA) is 66.0 Å². The third-order valence-electron chi connectivity index (χ3n) is 2.07. The SMILES string of the molecule is CC1=CC=C(c2nc(O)cc(=O)[nH]2)C1. The molecule has 14 heavy (non-hydrogen) atoms. The van der Waals surface area contributed by atoms with Gasteiger partial charge in [-0.2, -0.15) is 4.98 Å². The molecular formula is C10H10N2O2. The average molecular weight is 190 g/mol. The number of H-pyrrole nitrogens is 1. The second kappa shape index (κ2) is 3.14. The van der Waals surface area contributed by atoms with Crippen LogP contribution in [0.1, 0.15) is 19.2 Å². The molecular weight excluding hydrogens is 180 g/mol. The van der Waals surface area contributed by atoms with E-state index in [0.29, 0.717) is 5.82 Å². The molecule has 0 bridgehead atoms. The minimum atomic E-state index is -0.335. The maximum Gasteiger partial charge on any atom is 0.254 e. The van der Waals surface area contributed by atoms with Gasteiger partial charge >= 0.3 is 0 Å². The Morgan fingerprint density at radius 2 is 2.29 bits per heavy atom. The van der Waals surface area contributed by atoms with Crippen molar-refractivity contribution in [2.45, 2.75) is 13.3 Å². The molecule has 1 heterocycles. The zero-order chi connectivity index (χ0) is 10.1. The Labute approximate surface area is 80.6 Å². The molecule has 4 heteroatoms. The molecule has 72 valence electrons. The molecule has 0 aromatic carbocycles. The smallest absolute Gasteiger partial charge is 0.254 e. The highest BCUT2D eigenvalue weighted by molar-refractivity contribution is 5.67. The molecule has 0 unspecified atom stereocenters. The predicted octanol–water partition coefficient (Wildman–Crippen LogP) is 1.21. The molecule has 0 fully saturated rings. The summed E-state index contributed by atoms with van der Waals surface area (Å²) in [5.41, 5.74) is 1.81. The van der Waals surface area contributed by atoms with Crippen molar-refractivity contribution in [1.29, 1.82) is 0 Å². The molecule has 2 rings (SSSR count). The number of aromatic amines is 1. The van der Waals surface area contributed by atoms with Crippen LogP contribution in [-0.2, 0) is 0 Å². The number of aromatic nitrogens is 2. The predicted molar refractivity (Wildman–Crippen MR) is 52.9 cm³/mol. The minimum Gasteiger partial charge on any atom is -0.493 e. The molecule has 0 radical (unpaired) electrons. The zero-order valence-corrected chi connectivity index (χ0v) is 7.74. The lowest BCUT2D eigenvalue weighted by Gasteiger charge is -2.01. The summed E-state index contributed by atoms with van der Waals surface area (Å²) >= 11 is 0. The third-order valence-corrected chi connectivity index (χ3v) is 2.07. The standard InChI is InChI=1S/C10H10N2O2/c1-6-2-3-7(4-6)10-11-8(13)5-9(14)12-10/h2-3,5H,4H2,1H3,(H2,11,12,13,14). The lowest BCUT2D eigenvalue weighted by atomic mass is 10.1. The summed E-state index contributed by atoms with van der Waals surface area (Å²) < 4.78 is 0. The molecule has 2 N–H and O–H groups in total. The van der Waals surface area contributed by atoms with Crippen molar-refractivity contribution in [3.63, 3.8) is 0 Å². The van der Waals surface area contributed by atoms with Gasteiger partial charge in [0.2, 0.25) is 5.88 Å². The number of nitrogens with one attached hydrogen (secondary N) is 1. The minimum absolute atomic E-state index is 0.241. The molecule has 1 aliphatic carbocycles. The van der Waals surface area contributed by atoms with Crippen molar-refractivity contribution >= 4 is 5.57 Å². The average Bonchev–Trinajstić information content (AvgIpc) is 2.50. The first kappa shape index (κ1) is 8.74. The van der Waals surface area contributed by atoms with Crippen LogP contribution in [0.5, 0.6) is 5.88 Å². The van der Waals surface area contributed by atoms with Gasteiger partial charge in [0, 0.05) is 0 Å². The molecule has 0 atom stereocenters. The highest BCUT2D eigenvalue weighted by atomic mass is 16.3. The number of allylic oxidation sites excluding steroid dienone is 4. The van der Waals surface area contributed by atoms with E-state index >= 15 is 0 Å². The molecule has 1 aromatic rings. The lowest BCUT2D eigenvalue weighted by Crippen LogP contribution is -2.08. The van der Waals surface area contributed by atoms with Crippen LogP contribution in [0.4, 0.5) is 0 Å². The summed E-state index contributed by atoms with van der Waals surface area (Å²) in [6.07, 6.45) is 4.64. The molecule has 1 aliphatic rings. The Morgan fingerprint density at radius 1 is 1.50 bits per heavy atom. The monoisotopic (exact) mass is 190 g/mol. The fourth-order valence-electron chi connectivity index (χ4n) is 1.42. The van der Waals surface area contributed by atoms with Crippen molar-refractivity contribution < 1.29 is 5.11 Å². The van der Waals surface area contributed by atoms with E-state index in [2.05, 4.69) is 9.97 Å². The van der Waals surface area contributed by atoms with E-state index in [1.807, 2.05) is 19.1 Å². The maximum atomic E-state index is 11.0. The van der Waals surface area contributed by atoms with Gasteiger partial charge in [0.15, 0.2) is 0 Å². The van der Waals surface area contributed by atoms with Crippen LogP contribution in [0.3, 0.4) is 0 Å². The van der Waals surface area contributed by atoms with E-state index in [0.717, 1.165) is 18.1 Å². The van der Waals surface area contributed by atoms with E-state index < -0.39 is 0 Å². The highest BCUT2D eigenvalue weighted by Crippen LogP contribution is 2.25. The first-order chi connectivity index (χ1) is 6.65. The van der Waals surface area contributed by atoms with Gasteiger partial charge in [-0.15, -0.1) is 0 Å². The van der Waals surface area contributed by atoms with Gasteiger partial charge in [0.05, 0.1) is 6.07 Å². The van der Waals surface area contributed by atoms with Crippen LogP contribution < -0.4 is 5.56 Å². The van der Waals surface area contributed by atoms with Crippen LogP contribution in [-0.4, -0.2) is 15.1 Å². The molecule has 0 spiro atoms. The summed E-state index contributed by atoms with van der Waals surface area (Å²) in [6.45, 7) is 2.00. The molecule has 0 saturated heterocycles. The Kier molecular flexibility index (Phi) is 1.96. The van der Waals surface area contributed by atoms with Gasteiger partial charge in [-0.3, -0.25) is 4.79 Å². The first-order valence-corrected chi connectivity index (χ1v) is 4.32. The summed E-state index contributed by atoms with van der Waals surface area (Å²) in [6, 6.07) is 1.05. The number of nitrogens with zero attached hydrogens (tertiary/aromatic N) is 1. The Morgan fingerprint density at radius 3 is 2.86 bits per heavy atom. The van der Waals surface area contributed by atoms with E-state index in [4.69, 9.17) is 5.11 Å². The number of rotatable bonds is 1. The molecule has 0 aliphatic heterocycles. The summed E-state index contributed by atoms with van der Waals surface area (Å²) in [5.74, 6) is 0.206. The number of hydrogen-bond acceptors (Lipinski definition) is 3. The van der Waals surface area contributed by atoms with E-state index in [-0.39, 0.29) is 11.4 Å². The van der Waals surface area contributed by atoms with E-state index in [9.17, 15) is 4.79 Å². The van der Waals surface area contributed by atoms with Crippen molar-refractivity contribution in [3.05, 3.63) is 40.0 Å². The summed E-state index contributed by atoms with van der Waals surface area (Å²) in [5, 5.41) is 9.14. The quantitative estimate of drug-likeness (QED) is 0.699. The second-order valence-corrected chi connectivity index (χ2v) is 3.33. The molecule has 4 nitrogen and oxygen atoms in total. The fourth-order valence-corrected chi connectivity index (χ4v) is 1.42. The zero-order valence-electron chi connectivity index (χ0n) is 7.74. The first-order valence-electron chi connectivity index (χ1n) is 4.32. The third kappa shape index (κ3) is 1.59. The van der Waals surface area contributed by atoms with Gasteiger partial charge in [-0.05, 0) is 18.9 Å². The van der Waals surface area contributed by atoms with Crippen molar-refractivity contribution in [2.24, 2.45) is 0 Å². The highest BCUT2D eigenvalue weighted by Gasteiger charge is 2.10. The van der Waals surface area contributed by atoms with Crippen LogP contribution in [0.25, 0.3) is 5.57 Å². The Hall–Kier alpha value is -1.84. The van der Waals surface area contributed by atoms with Crippen molar-refractivity contribution in [2.75, 3.05) is 0 Å². The van der Waals surface area contributed by atoms with E-state index in [1.54, 1.807) is 0 Å². The van der Waals surface area contributed by atoms with Gasteiger partial charge in [0.1, 0.15) is 5.82 Å². The van der Waals surface area contributed by atoms with E-state index in [1.165, 1.54) is 5.57 Å². The van der Waals surface area contributed by atoms with Crippen LogP contribution in [0.15, 0.2) is 28.6 Å². The van der Waals surface area contributed by atoms with Gasteiger partial charge in [-0.25, -0.2) is 0 Å². The summed E-state index contributed by atoms with van der Waals surface area (Å²) in [7, 11) is 0. The van der Waals surface area contributed by atoms with Crippen LogP contribution in [0.2, 0.25) is 0 Å². The number of aromatic hydroxyl groups is 1. The van der Waals surface area contributed by atoms with Gasteiger partial charge in [0.25, 0.3) is 5.56 Å². The second-order valence-electron chi connectivity index (χ2n) is 3.33. The molecule has 0 amide bonds. The normalized spacial score (nSPS) is 15.2. The molecule has 0 saturated carbocycles. The van der Waals surface area contributed by atoms with Crippen LogP contribution >= 0.6 is 0 Å².